The summed E-state index contributed by atoms with van der Waals surface area (Å²) in [5.41, 5.74) is 3.05. The van der Waals surface area contributed by atoms with Gasteiger partial charge in [0.25, 0.3) is 5.91 Å². The molecule has 3 fully saturated rings. The van der Waals surface area contributed by atoms with Gasteiger partial charge in [0.15, 0.2) is 0 Å². The molecule has 1 N–H and O–H groups in total. The highest BCUT2D eigenvalue weighted by atomic mass is 19.1. The standard InChI is InChI=1S/C36H44FN5O3/c1-3-27-11-14-33(40-39-27)25-9-12-30(13-10-25)45-34-21-31(32(37)20-26(34)23-42-22-24(2)19-35(42)43)36(44)38-28-15-17-41(18-16-28)29-7-5-4-6-8-29/h9-14,20-21,24,28-29H,3-8,15-19,22-23H2,1-2H3,(H,38,44)/t24-/m0/s1. The Labute approximate surface area is 265 Å². The Bertz CT molecular complexity index is 1480. The second kappa shape index (κ2) is 14.1. The molecule has 1 saturated carbocycles. The van der Waals surface area contributed by atoms with Crippen LogP contribution in [0.2, 0.25) is 0 Å². The van der Waals surface area contributed by atoms with E-state index in [2.05, 4.69) is 20.4 Å². The van der Waals surface area contributed by atoms with Crippen LogP contribution in [-0.4, -0.2) is 63.5 Å². The van der Waals surface area contributed by atoms with Crippen molar-refractivity contribution in [1.29, 1.82) is 0 Å². The number of ether oxygens (including phenoxy) is 1. The van der Waals surface area contributed by atoms with Crippen LogP contribution >= 0.6 is 0 Å². The maximum atomic E-state index is 15.6. The van der Waals surface area contributed by atoms with E-state index in [0.29, 0.717) is 36.1 Å². The van der Waals surface area contributed by atoms with E-state index in [1.807, 2.05) is 50.2 Å². The quantitative estimate of drug-likeness (QED) is 0.295. The van der Waals surface area contributed by atoms with Crippen LogP contribution in [0.4, 0.5) is 4.39 Å². The zero-order valence-corrected chi connectivity index (χ0v) is 26.4. The number of amides is 2. The lowest BCUT2D eigenvalue weighted by Gasteiger charge is -2.39. The molecule has 9 heteroatoms. The van der Waals surface area contributed by atoms with E-state index >= 15 is 4.39 Å². The molecule has 3 heterocycles. The molecule has 2 aliphatic heterocycles. The number of nitrogens with one attached hydrogen (secondary N) is 1. The number of hydrogen-bond donors (Lipinski definition) is 1. The first kappa shape index (κ1) is 31.1. The molecule has 8 nitrogen and oxygen atoms in total. The molecule has 2 amide bonds. The predicted octanol–water partition coefficient (Wildman–Crippen LogP) is 6.53. The lowest BCUT2D eigenvalue weighted by molar-refractivity contribution is -0.128. The van der Waals surface area contributed by atoms with Crippen LogP contribution in [0.15, 0.2) is 48.5 Å². The van der Waals surface area contributed by atoms with E-state index in [1.54, 1.807) is 4.90 Å². The minimum absolute atomic E-state index is 0.00605. The van der Waals surface area contributed by atoms with Crippen molar-refractivity contribution < 1.29 is 18.7 Å². The van der Waals surface area contributed by atoms with E-state index in [4.69, 9.17) is 4.74 Å². The van der Waals surface area contributed by atoms with Crippen molar-refractivity contribution in [2.24, 2.45) is 5.92 Å². The Morgan fingerprint density at radius 1 is 1.00 bits per heavy atom. The largest absolute Gasteiger partial charge is 0.457 e. The van der Waals surface area contributed by atoms with E-state index in [-0.39, 0.29) is 30.0 Å². The fourth-order valence-electron chi connectivity index (χ4n) is 6.96. The van der Waals surface area contributed by atoms with Crippen molar-refractivity contribution in [1.82, 2.24) is 25.3 Å². The normalized spacial score (nSPS) is 20.0. The maximum Gasteiger partial charge on any atom is 0.254 e. The number of halogens is 1. The molecule has 0 radical (unpaired) electrons. The van der Waals surface area contributed by atoms with E-state index in [1.165, 1.54) is 44.2 Å². The summed E-state index contributed by atoms with van der Waals surface area (Å²) >= 11 is 0. The number of hydrogen-bond acceptors (Lipinski definition) is 6. The highest BCUT2D eigenvalue weighted by Crippen LogP contribution is 2.33. The molecule has 2 aromatic carbocycles. The van der Waals surface area contributed by atoms with Gasteiger partial charge in [-0.25, -0.2) is 4.39 Å². The predicted molar refractivity (Wildman–Crippen MR) is 171 cm³/mol. The third kappa shape index (κ3) is 7.52. The molecular formula is C36H44FN5O3. The van der Waals surface area contributed by atoms with Gasteiger partial charge in [0.1, 0.15) is 17.3 Å². The van der Waals surface area contributed by atoms with Gasteiger partial charge >= 0.3 is 0 Å². The number of nitrogens with zero attached hydrogens (tertiary/aromatic N) is 4. The number of rotatable bonds is 9. The van der Waals surface area contributed by atoms with Crippen molar-refractivity contribution in [3.05, 3.63) is 71.2 Å². The first-order valence-corrected chi connectivity index (χ1v) is 16.6. The molecule has 45 heavy (non-hydrogen) atoms. The number of piperidine rings is 1. The second-order valence-corrected chi connectivity index (χ2v) is 13.0. The molecule has 3 aliphatic rings. The van der Waals surface area contributed by atoms with E-state index < -0.39 is 11.7 Å². The Balaban J connectivity index is 1.18. The van der Waals surface area contributed by atoms with E-state index in [9.17, 15) is 9.59 Å². The van der Waals surface area contributed by atoms with Gasteiger partial charge in [0, 0.05) is 55.8 Å². The molecule has 2 saturated heterocycles. The van der Waals surface area contributed by atoms with Gasteiger partial charge in [0.2, 0.25) is 5.91 Å². The third-order valence-corrected chi connectivity index (χ3v) is 9.58. The summed E-state index contributed by atoms with van der Waals surface area (Å²) in [5.74, 6) is 0.125. The fourth-order valence-corrected chi connectivity index (χ4v) is 6.96. The van der Waals surface area contributed by atoms with Gasteiger partial charge in [-0.15, -0.1) is 0 Å². The molecule has 6 rings (SSSR count). The molecule has 0 spiro atoms. The molecule has 238 valence electrons. The fraction of sp³-hybridized carbons (Fsp3) is 0.500. The van der Waals surface area contributed by atoms with Crippen molar-refractivity contribution in [2.45, 2.75) is 90.3 Å². The van der Waals surface area contributed by atoms with Crippen molar-refractivity contribution in [3.8, 4) is 22.8 Å². The van der Waals surface area contributed by atoms with Crippen LogP contribution in [-0.2, 0) is 17.8 Å². The summed E-state index contributed by atoms with van der Waals surface area (Å²) < 4.78 is 21.9. The van der Waals surface area contributed by atoms with E-state index in [0.717, 1.165) is 49.3 Å². The van der Waals surface area contributed by atoms with Gasteiger partial charge in [0.05, 0.1) is 17.0 Å². The van der Waals surface area contributed by atoms with Crippen LogP contribution in [0.3, 0.4) is 0 Å². The number of aromatic nitrogens is 2. The van der Waals surface area contributed by atoms with Crippen molar-refractivity contribution >= 4 is 11.8 Å². The minimum atomic E-state index is -0.612. The average Bonchev–Trinajstić information content (AvgIpc) is 3.39. The van der Waals surface area contributed by atoms with Crippen molar-refractivity contribution in [2.75, 3.05) is 19.6 Å². The monoisotopic (exact) mass is 613 g/mol. The summed E-state index contributed by atoms with van der Waals surface area (Å²) in [6.07, 6.45) is 9.49. The first-order chi connectivity index (χ1) is 21.9. The molecule has 1 aromatic heterocycles. The SMILES string of the molecule is CCc1ccc(-c2ccc(Oc3cc(C(=O)NC4CCN(C5CCCCC5)CC4)c(F)cc3CN3C[C@@H](C)CC3=O)cc2)nn1. The minimum Gasteiger partial charge on any atom is -0.457 e. The van der Waals surface area contributed by atoms with Gasteiger partial charge in [-0.2, -0.15) is 10.2 Å². The maximum absolute atomic E-state index is 15.6. The van der Waals surface area contributed by atoms with Gasteiger partial charge in [-0.1, -0.05) is 33.1 Å². The number of benzene rings is 2. The van der Waals surface area contributed by atoms with Crippen LogP contribution < -0.4 is 10.1 Å². The average molecular weight is 614 g/mol. The summed E-state index contributed by atoms with van der Waals surface area (Å²) in [4.78, 5) is 30.3. The molecule has 1 aliphatic carbocycles. The highest BCUT2D eigenvalue weighted by molar-refractivity contribution is 5.95. The summed E-state index contributed by atoms with van der Waals surface area (Å²) in [7, 11) is 0. The second-order valence-electron chi connectivity index (χ2n) is 13.0. The van der Waals surface area contributed by atoms with Gasteiger partial charge in [-0.3, -0.25) is 9.59 Å². The Morgan fingerprint density at radius 2 is 1.76 bits per heavy atom. The molecule has 0 unspecified atom stereocenters. The topological polar surface area (TPSA) is 87.7 Å². The zero-order valence-electron chi connectivity index (χ0n) is 26.4. The van der Waals surface area contributed by atoms with Gasteiger partial charge in [-0.05, 0) is 86.6 Å². The zero-order chi connectivity index (χ0) is 31.3. The van der Waals surface area contributed by atoms with Crippen LogP contribution in [0.1, 0.15) is 86.8 Å². The Kier molecular flexibility index (Phi) is 9.73. The first-order valence-electron chi connectivity index (χ1n) is 16.6. The summed E-state index contributed by atoms with van der Waals surface area (Å²) in [5, 5.41) is 11.7. The lowest BCUT2D eigenvalue weighted by Crippen LogP contribution is -2.48. The van der Waals surface area contributed by atoms with Crippen LogP contribution in [0.25, 0.3) is 11.3 Å². The number of carbonyl (C=O) groups excluding carboxylic acids is 2. The molecule has 0 bridgehead atoms. The number of carbonyl (C=O) groups is 2. The molecular weight excluding hydrogens is 569 g/mol. The van der Waals surface area contributed by atoms with Gasteiger partial charge < -0.3 is 19.9 Å². The Morgan fingerprint density at radius 3 is 2.40 bits per heavy atom. The highest BCUT2D eigenvalue weighted by Gasteiger charge is 2.30. The number of likely N-dealkylation sites (tertiary alicyclic amines) is 2. The summed E-state index contributed by atoms with van der Waals surface area (Å²) in [6.45, 7) is 6.80. The Hall–Kier alpha value is -3.85. The van der Waals surface area contributed by atoms with Crippen LogP contribution in [0.5, 0.6) is 11.5 Å². The molecule has 3 aromatic rings. The summed E-state index contributed by atoms with van der Waals surface area (Å²) in [6, 6.07) is 14.8. The third-order valence-electron chi connectivity index (χ3n) is 9.58. The van der Waals surface area contributed by atoms with Crippen LogP contribution in [0, 0.1) is 11.7 Å². The van der Waals surface area contributed by atoms with Crippen molar-refractivity contribution in [3.63, 3.8) is 0 Å². The number of aryl methyl sites for hydroxylation is 1. The lowest BCUT2D eigenvalue weighted by atomic mass is 9.92. The smallest absolute Gasteiger partial charge is 0.254 e. The molecule has 1 atom stereocenters.